The van der Waals surface area contributed by atoms with Gasteiger partial charge in [-0.2, -0.15) is 0 Å². The minimum Gasteiger partial charge on any atom is -0.380 e. The second-order valence-corrected chi connectivity index (χ2v) is 2.92. The van der Waals surface area contributed by atoms with Crippen molar-refractivity contribution < 1.29 is 14.7 Å². The minimum absolute atomic E-state index is 0.0823. The van der Waals surface area contributed by atoms with Crippen LogP contribution in [-0.4, -0.2) is 49.0 Å². The molecule has 0 aromatic carbocycles. The fraction of sp³-hybridized carbons (Fsp3) is 0.857. The van der Waals surface area contributed by atoms with Crippen molar-refractivity contribution in [1.82, 2.24) is 10.4 Å². The van der Waals surface area contributed by atoms with Crippen LogP contribution in [0.1, 0.15) is 6.42 Å². The molecule has 0 radical (unpaired) electrons. The predicted octanol–water partition coefficient (Wildman–Crippen LogP) is -0.789. The molecule has 12 heavy (non-hydrogen) atoms. The standard InChI is InChI=1S/C7H14N2O3/c1-9(11)7(10)6-3-5(12-2)4-8-6/h5-6,8,11H,3-4H2,1-2H3. The van der Waals surface area contributed by atoms with Crippen LogP contribution in [0.4, 0.5) is 0 Å². The number of likely N-dealkylation sites (N-methyl/N-ethyl adjacent to an activating group) is 1. The van der Waals surface area contributed by atoms with Crippen LogP contribution in [0.3, 0.4) is 0 Å². The van der Waals surface area contributed by atoms with Gasteiger partial charge in [-0.1, -0.05) is 0 Å². The number of hydrogen-bond donors (Lipinski definition) is 2. The van der Waals surface area contributed by atoms with Gasteiger partial charge in [0.2, 0.25) is 0 Å². The highest BCUT2D eigenvalue weighted by Crippen LogP contribution is 2.10. The number of methoxy groups -OCH3 is 1. The van der Waals surface area contributed by atoms with Crippen molar-refractivity contribution in [3.63, 3.8) is 0 Å². The van der Waals surface area contributed by atoms with E-state index in [0.29, 0.717) is 18.0 Å². The van der Waals surface area contributed by atoms with Gasteiger partial charge in [-0.25, -0.2) is 5.06 Å². The summed E-state index contributed by atoms with van der Waals surface area (Å²) in [5.74, 6) is -0.311. The second kappa shape index (κ2) is 3.84. The summed E-state index contributed by atoms with van der Waals surface area (Å²) in [5, 5.41) is 12.4. The highest BCUT2D eigenvalue weighted by molar-refractivity contribution is 5.80. The summed E-state index contributed by atoms with van der Waals surface area (Å²) >= 11 is 0. The number of amides is 1. The molecule has 2 N–H and O–H groups in total. The molecule has 1 amide bonds. The van der Waals surface area contributed by atoms with Gasteiger partial charge in [0.1, 0.15) is 0 Å². The van der Waals surface area contributed by atoms with Crippen molar-refractivity contribution >= 4 is 5.91 Å². The zero-order chi connectivity index (χ0) is 9.14. The molecule has 1 aliphatic rings. The Morgan fingerprint density at radius 3 is 2.83 bits per heavy atom. The van der Waals surface area contributed by atoms with Crippen molar-refractivity contribution in [1.29, 1.82) is 0 Å². The largest absolute Gasteiger partial charge is 0.380 e. The quantitative estimate of drug-likeness (QED) is 0.425. The summed E-state index contributed by atoms with van der Waals surface area (Å²) in [7, 11) is 2.94. The molecule has 1 aliphatic heterocycles. The molecule has 0 spiro atoms. The Kier molecular flexibility index (Phi) is 3.02. The van der Waals surface area contributed by atoms with Gasteiger partial charge in [0, 0.05) is 20.7 Å². The van der Waals surface area contributed by atoms with E-state index in [4.69, 9.17) is 9.94 Å². The number of ether oxygens (including phenoxy) is 1. The molecule has 1 fully saturated rings. The lowest BCUT2D eigenvalue weighted by molar-refractivity contribution is -0.161. The Morgan fingerprint density at radius 2 is 2.42 bits per heavy atom. The lowest BCUT2D eigenvalue weighted by Crippen LogP contribution is -2.39. The van der Waals surface area contributed by atoms with Crippen LogP contribution in [0.15, 0.2) is 0 Å². The summed E-state index contributed by atoms with van der Waals surface area (Å²) in [6.45, 7) is 0.667. The summed E-state index contributed by atoms with van der Waals surface area (Å²) in [6.07, 6.45) is 0.708. The lowest BCUT2D eigenvalue weighted by atomic mass is 10.2. The van der Waals surface area contributed by atoms with Crippen molar-refractivity contribution in [2.75, 3.05) is 20.7 Å². The minimum atomic E-state index is -0.311. The van der Waals surface area contributed by atoms with Crippen molar-refractivity contribution in [2.45, 2.75) is 18.6 Å². The number of rotatable bonds is 2. The maximum absolute atomic E-state index is 11.2. The molecule has 0 aromatic heterocycles. The maximum atomic E-state index is 11.2. The van der Waals surface area contributed by atoms with Gasteiger partial charge < -0.3 is 10.1 Å². The Hall–Kier alpha value is -0.650. The molecule has 2 unspecified atom stereocenters. The highest BCUT2D eigenvalue weighted by atomic mass is 16.5. The molecule has 1 rings (SSSR count). The van der Waals surface area contributed by atoms with Crippen molar-refractivity contribution in [3.8, 4) is 0 Å². The number of carbonyl (C=O) groups is 1. The van der Waals surface area contributed by atoms with E-state index in [9.17, 15) is 4.79 Å². The van der Waals surface area contributed by atoms with Gasteiger partial charge >= 0.3 is 0 Å². The average Bonchev–Trinajstić information content (AvgIpc) is 2.50. The molecule has 0 aromatic rings. The number of hydrogen-bond acceptors (Lipinski definition) is 4. The first kappa shape index (κ1) is 9.44. The summed E-state index contributed by atoms with van der Waals surface area (Å²) in [6, 6.07) is -0.301. The highest BCUT2D eigenvalue weighted by Gasteiger charge is 2.30. The van der Waals surface area contributed by atoms with Crippen LogP contribution in [0.5, 0.6) is 0 Å². The monoisotopic (exact) mass is 174 g/mol. The predicted molar refractivity (Wildman–Crippen MR) is 41.8 cm³/mol. The van der Waals surface area contributed by atoms with E-state index in [1.807, 2.05) is 0 Å². The normalized spacial score (nSPS) is 28.9. The average molecular weight is 174 g/mol. The summed E-state index contributed by atoms with van der Waals surface area (Å²) in [4.78, 5) is 11.2. The van der Waals surface area contributed by atoms with Crippen molar-refractivity contribution in [3.05, 3.63) is 0 Å². The van der Waals surface area contributed by atoms with Gasteiger partial charge in [-0.05, 0) is 6.42 Å². The van der Waals surface area contributed by atoms with Gasteiger partial charge in [-0.15, -0.1) is 0 Å². The molecule has 0 aliphatic carbocycles. The van der Waals surface area contributed by atoms with Gasteiger partial charge in [0.05, 0.1) is 12.1 Å². The van der Waals surface area contributed by atoms with Crippen LogP contribution in [0, 0.1) is 0 Å². The molecule has 70 valence electrons. The SMILES string of the molecule is COC1CNC(C(=O)N(C)O)C1. The maximum Gasteiger partial charge on any atom is 0.262 e. The molecule has 5 nitrogen and oxygen atoms in total. The Balaban J connectivity index is 2.41. The van der Waals surface area contributed by atoms with E-state index >= 15 is 0 Å². The number of carbonyl (C=O) groups excluding carboxylic acids is 1. The lowest BCUT2D eigenvalue weighted by Gasteiger charge is -2.13. The fourth-order valence-electron chi connectivity index (χ4n) is 1.30. The van der Waals surface area contributed by atoms with Crippen LogP contribution >= 0.6 is 0 Å². The van der Waals surface area contributed by atoms with Gasteiger partial charge in [0.25, 0.3) is 5.91 Å². The van der Waals surface area contributed by atoms with Gasteiger partial charge in [0.15, 0.2) is 0 Å². The number of nitrogens with one attached hydrogen (secondary N) is 1. The van der Waals surface area contributed by atoms with E-state index in [2.05, 4.69) is 5.32 Å². The van der Waals surface area contributed by atoms with E-state index in [1.165, 1.54) is 7.05 Å². The second-order valence-electron chi connectivity index (χ2n) is 2.92. The molecule has 5 heteroatoms. The van der Waals surface area contributed by atoms with E-state index < -0.39 is 0 Å². The molecule has 1 heterocycles. The first-order valence-corrected chi connectivity index (χ1v) is 3.87. The molecular weight excluding hydrogens is 160 g/mol. The third kappa shape index (κ3) is 1.94. The summed E-state index contributed by atoms with van der Waals surface area (Å²) in [5.41, 5.74) is 0. The Morgan fingerprint density at radius 1 is 1.75 bits per heavy atom. The van der Waals surface area contributed by atoms with Crippen LogP contribution in [-0.2, 0) is 9.53 Å². The topological polar surface area (TPSA) is 61.8 Å². The van der Waals surface area contributed by atoms with Crippen LogP contribution in [0.25, 0.3) is 0 Å². The zero-order valence-electron chi connectivity index (χ0n) is 7.28. The first-order valence-electron chi connectivity index (χ1n) is 3.87. The molecule has 2 atom stereocenters. The van der Waals surface area contributed by atoms with E-state index in [0.717, 1.165) is 0 Å². The summed E-state index contributed by atoms with van der Waals surface area (Å²) < 4.78 is 5.06. The fourth-order valence-corrected chi connectivity index (χ4v) is 1.30. The number of hydroxylamine groups is 2. The Labute approximate surface area is 71.3 Å². The van der Waals surface area contributed by atoms with Crippen LogP contribution in [0.2, 0.25) is 0 Å². The smallest absolute Gasteiger partial charge is 0.262 e. The molecular formula is C7H14N2O3. The number of nitrogens with zero attached hydrogens (tertiary/aromatic N) is 1. The molecule has 1 saturated heterocycles. The third-order valence-electron chi connectivity index (χ3n) is 2.04. The zero-order valence-corrected chi connectivity index (χ0v) is 7.28. The molecule has 0 saturated carbocycles. The molecule has 0 bridgehead atoms. The van der Waals surface area contributed by atoms with E-state index in [-0.39, 0.29) is 18.1 Å². The van der Waals surface area contributed by atoms with E-state index in [1.54, 1.807) is 7.11 Å². The van der Waals surface area contributed by atoms with Crippen molar-refractivity contribution in [2.24, 2.45) is 0 Å². The third-order valence-corrected chi connectivity index (χ3v) is 2.04. The Bertz CT molecular complexity index is 172. The van der Waals surface area contributed by atoms with Gasteiger partial charge in [-0.3, -0.25) is 10.0 Å². The first-order chi connectivity index (χ1) is 5.65. The van der Waals surface area contributed by atoms with Crippen LogP contribution < -0.4 is 5.32 Å².